The summed E-state index contributed by atoms with van der Waals surface area (Å²) >= 11 is 0. The molecule has 1 amide bonds. The molecular formula is C21H24N4O3. The van der Waals surface area contributed by atoms with Crippen LogP contribution in [-0.4, -0.2) is 22.6 Å². The number of nitrogens with zero attached hydrogens (tertiary/aromatic N) is 2. The standard InChI is InChI=1S/C21H24N4O3/c1-15(2)13-25(18-6-4-3-5-7-18)14-16-8-10-17(11-9-16)20(26)22-12-19-23-21(27)28-24-19/h3-11,15H,12-14H2,1-2H3,(H,22,26)(H,23,24,27). The summed E-state index contributed by atoms with van der Waals surface area (Å²) < 4.78 is 4.40. The van der Waals surface area contributed by atoms with Gasteiger partial charge in [-0.1, -0.05) is 49.3 Å². The first-order valence-electron chi connectivity index (χ1n) is 9.23. The Balaban J connectivity index is 1.63. The fraction of sp³-hybridized carbons (Fsp3) is 0.286. The second kappa shape index (κ2) is 9.03. The molecule has 7 heteroatoms. The van der Waals surface area contributed by atoms with Crippen LogP contribution in [0.25, 0.3) is 0 Å². The Morgan fingerprint density at radius 1 is 1.14 bits per heavy atom. The van der Waals surface area contributed by atoms with E-state index < -0.39 is 5.76 Å². The zero-order valence-corrected chi connectivity index (χ0v) is 16.0. The van der Waals surface area contributed by atoms with Crippen LogP contribution in [-0.2, 0) is 13.1 Å². The van der Waals surface area contributed by atoms with Gasteiger partial charge in [-0.3, -0.25) is 14.3 Å². The Hall–Kier alpha value is -3.35. The topological polar surface area (TPSA) is 91.2 Å². The summed E-state index contributed by atoms with van der Waals surface area (Å²) in [6.07, 6.45) is 0. The summed E-state index contributed by atoms with van der Waals surface area (Å²) in [5.41, 5.74) is 2.85. The molecule has 0 saturated heterocycles. The lowest BCUT2D eigenvalue weighted by molar-refractivity contribution is 0.0949. The number of nitrogens with one attached hydrogen (secondary N) is 2. The van der Waals surface area contributed by atoms with Gasteiger partial charge in [0.05, 0.1) is 6.54 Å². The molecule has 0 fully saturated rings. The van der Waals surface area contributed by atoms with E-state index in [0.717, 1.165) is 18.7 Å². The van der Waals surface area contributed by atoms with Gasteiger partial charge in [0.2, 0.25) is 0 Å². The molecule has 0 aliphatic carbocycles. The largest absolute Gasteiger partial charge is 0.438 e. The number of rotatable bonds is 8. The summed E-state index contributed by atoms with van der Waals surface area (Å²) in [5, 5.41) is 6.22. The van der Waals surface area contributed by atoms with E-state index in [1.165, 1.54) is 5.69 Å². The van der Waals surface area contributed by atoms with Crippen molar-refractivity contribution >= 4 is 11.6 Å². The van der Waals surface area contributed by atoms with Crippen LogP contribution >= 0.6 is 0 Å². The molecule has 1 aromatic heterocycles. The zero-order chi connectivity index (χ0) is 19.9. The molecule has 28 heavy (non-hydrogen) atoms. The van der Waals surface area contributed by atoms with Gasteiger partial charge in [-0.2, -0.15) is 0 Å². The zero-order valence-electron chi connectivity index (χ0n) is 16.0. The van der Waals surface area contributed by atoms with E-state index in [1.807, 2.05) is 30.3 Å². The number of H-pyrrole nitrogens is 1. The van der Waals surface area contributed by atoms with Crippen molar-refractivity contribution in [2.45, 2.75) is 26.9 Å². The van der Waals surface area contributed by atoms with Crippen LogP contribution in [0.2, 0.25) is 0 Å². The van der Waals surface area contributed by atoms with Crippen LogP contribution in [0, 0.1) is 5.92 Å². The highest BCUT2D eigenvalue weighted by molar-refractivity contribution is 5.94. The molecule has 0 unspecified atom stereocenters. The van der Waals surface area contributed by atoms with Gasteiger partial charge in [0, 0.05) is 24.3 Å². The minimum atomic E-state index is -0.641. The predicted molar refractivity (Wildman–Crippen MR) is 107 cm³/mol. The highest BCUT2D eigenvalue weighted by atomic mass is 16.5. The van der Waals surface area contributed by atoms with Crippen molar-refractivity contribution in [3.8, 4) is 0 Å². The molecular weight excluding hydrogens is 356 g/mol. The maximum atomic E-state index is 12.3. The number of hydrogen-bond acceptors (Lipinski definition) is 5. The van der Waals surface area contributed by atoms with Crippen LogP contribution < -0.4 is 16.0 Å². The van der Waals surface area contributed by atoms with Crippen LogP contribution in [0.15, 0.2) is 63.9 Å². The van der Waals surface area contributed by atoms with Gasteiger partial charge in [-0.05, 0) is 35.7 Å². The molecule has 0 aliphatic heterocycles. The minimum Gasteiger partial charge on any atom is -0.367 e. The Morgan fingerprint density at radius 2 is 1.86 bits per heavy atom. The van der Waals surface area contributed by atoms with Gasteiger partial charge in [0.25, 0.3) is 5.91 Å². The third kappa shape index (κ3) is 5.33. The quantitative estimate of drug-likeness (QED) is 0.627. The van der Waals surface area contributed by atoms with Gasteiger partial charge in [0.15, 0.2) is 5.82 Å². The van der Waals surface area contributed by atoms with Gasteiger partial charge in [-0.15, -0.1) is 0 Å². The molecule has 1 heterocycles. The number of aromatic amines is 1. The molecule has 2 aromatic carbocycles. The molecule has 7 nitrogen and oxygen atoms in total. The minimum absolute atomic E-state index is 0.0997. The lowest BCUT2D eigenvalue weighted by Crippen LogP contribution is -2.27. The highest BCUT2D eigenvalue weighted by Gasteiger charge is 2.11. The Morgan fingerprint density at radius 3 is 2.46 bits per heavy atom. The summed E-state index contributed by atoms with van der Waals surface area (Å²) in [7, 11) is 0. The predicted octanol–water partition coefficient (Wildman–Crippen LogP) is 2.96. The highest BCUT2D eigenvalue weighted by Crippen LogP contribution is 2.19. The molecule has 0 bridgehead atoms. The van der Waals surface area contributed by atoms with Crippen LogP contribution in [0.3, 0.4) is 0 Å². The monoisotopic (exact) mass is 380 g/mol. The molecule has 0 atom stereocenters. The van der Waals surface area contributed by atoms with Crippen LogP contribution in [0.4, 0.5) is 5.69 Å². The Labute approximate surface area is 163 Å². The first-order valence-corrected chi connectivity index (χ1v) is 9.23. The lowest BCUT2D eigenvalue weighted by atomic mass is 10.1. The van der Waals surface area contributed by atoms with Gasteiger partial charge < -0.3 is 10.2 Å². The van der Waals surface area contributed by atoms with Crippen molar-refractivity contribution in [1.29, 1.82) is 0 Å². The molecule has 0 aliphatic rings. The number of anilines is 1. The normalized spacial score (nSPS) is 10.8. The van der Waals surface area contributed by atoms with Gasteiger partial charge >= 0.3 is 5.76 Å². The summed E-state index contributed by atoms with van der Waals surface area (Å²) in [4.78, 5) is 27.9. The number of carbonyl (C=O) groups is 1. The van der Waals surface area contributed by atoms with E-state index in [4.69, 9.17) is 0 Å². The average Bonchev–Trinajstić information content (AvgIpc) is 3.12. The molecule has 0 saturated carbocycles. The fourth-order valence-corrected chi connectivity index (χ4v) is 2.93. The number of hydrogen-bond donors (Lipinski definition) is 2. The molecule has 2 N–H and O–H groups in total. The van der Waals surface area contributed by atoms with E-state index in [9.17, 15) is 9.59 Å². The van der Waals surface area contributed by atoms with Crippen LogP contribution in [0.1, 0.15) is 35.6 Å². The molecule has 146 valence electrons. The second-order valence-corrected chi connectivity index (χ2v) is 7.03. The van der Waals surface area contributed by atoms with E-state index in [0.29, 0.717) is 11.5 Å². The van der Waals surface area contributed by atoms with Crippen molar-refractivity contribution in [3.63, 3.8) is 0 Å². The fourth-order valence-electron chi connectivity index (χ4n) is 2.93. The van der Waals surface area contributed by atoms with E-state index >= 15 is 0 Å². The maximum absolute atomic E-state index is 12.3. The number of benzene rings is 2. The third-order valence-electron chi connectivity index (χ3n) is 4.20. The van der Waals surface area contributed by atoms with Crippen molar-refractivity contribution in [3.05, 3.63) is 82.1 Å². The number of aromatic nitrogens is 2. The van der Waals surface area contributed by atoms with Crippen molar-refractivity contribution < 1.29 is 9.32 Å². The van der Waals surface area contributed by atoms with Crippen molar-refractivity contribution in [1.82, 2.24) is 15.5 Å². The second-order valence-electron chi connectivity index (χ2n) is 7.03. The molecule has 0 radical (unpaired) electrons. The van der Waals surface area contributed by atoms with Crippen LogP contribution in [0.5, 0.6) is 0 Å². The molecule has 0 spiro atoms. The number of amides is 1. The Bertz CT molecular complexity index is 946. The summed E-state index contributed by atoms with van der Waals surface area (Å²) in [5.74, 6) is -0.0640. The Kier molecular flexibility index (Phi) is 6.26. The van der Waals surface area contributed by atoms with Crippen molar-refractivity contribution in [2.24, 2.45) is 5.92 Å². The number of para-hydroxylation sites is 1. The maximum Gasteiger partial charge on any atom is 0.438 e. The first-order chi connectivity index (χ1) is 13.5. The molecule has 3 rings (SSSR count). The first kappa shape index (κ1) is 19.4. The lowest BCUT2D eigenvalue weighted by Gasteiger charge is -2.27. The SMILES string of the molecule is CC(C)CN(Cc1ccc(C(=O)NCc2noc(=O)[nH]2)cc1)c1ccccc1. The van der Waals surface area contributed by atoms with Crippen molar-refractivity contribution in [2.75, 3.05) is 11.4 Å². The van der Waals surface area contributed by atoms with Gasteiger partial charge in [-0.25, -0.2) is 4.79 Å². The van der Waals surface area contributed by atoms with E-state index in [1.54, 1.807) is 12.1 Å². The average molecular weight is 380 g/mol. The smallest absolute Gasteiger partial charge is 0.367 e. The van der Waals surface area contributed by atoms with E-state index in [-0.39, 0.29) is 18.3 Å². The third-order valence-corrected chi connectivity index (χ3v) is 4.20. The van der Waals surface area contributed by atoms with Gasteiger partial charge in [0.1, 0.15) is 0 Å². The summed E-state index contributed by atoms with van der Waals surface area (Å²) in [6, 6.07) is 17.8. The number of carbonyl (C=O) groups excluding carboxylic acids is 1. The van der Waals surface area contributed by atoms with E-state index in [2.05, 4.69) is 50.9 Å². The summed E-state index contributed by atoms with van der Waals surface area (Å²) in [6.45, 7) is 6.21. The molecule has 3 aromatic rings.